The number of rotatable bonds is 4. The second kappa shape index (κ2) is 4.31. The zero-order valence-electron chi connectivity index (χ0n) is 10.1. The number of carbonyl (C=O) groups excluding carboxylic acids is 1. The number of nitrogens with two attached hydrogens (primary N) is 1. The van der Waals surface area contributed by atoms with E-state index >= 15 is 0 Å². The van der Waals surface area contributed by atoms with Crippen molar-refractivity contribution in [3.63, 3.8) is 0 Å². The lowest BCUT2D eigenvalue weighted by Gasteiger charge is -2.17. The average molecular weight is 253 g/mol. The Balaban J connectivity index is 2.33. The first-order valence-corrected chi connectivity index (χ1v) is 6.06. The molecule has 0 radical (unpaired) electrons. The largest absolute Gasteiger partial charge is 0.369 e. The van der Waals surface area contributed by atoms with Gasteiger partial charge in [-0.1, -0.05) is 29.8 Å². The van der Waals surface area contributed by atoms with Gasteiger partial charge in [-0.3, -0.25) is 4.79 Å². The van der Waals surface area contributed by atoms with Crippen LogP contribution in [0.4, 0.5) is 0 Å². The van der Waals surface area contributed by atoms with Crippen LogP contribution < -0.4 is 5.73 Å². The molecule has 0 aromatic heterocycles. The fourth-order valence-corrected chi connectivity index (χ4v) is 2.88. The Bertz CT molecular complexity index is 447. The molecule has 1 aliphatic carbocycles. The van der Waals surface area contributed by atoms with Crippen LogP contribution in [0.25, 0.3) is 0 Å². The van der Waals surface area contributed by atoms with Crippen molar-refractivity contribution in [2.24, 2.45) is 11.7 Å². The number of nitrogens with zero attached hydrogens (tertiary/aromatic N) is 1. The second-order valence-electron chi connectivity index (χ2n) is 4.98. The van der Waals surface area contributed by atoms with Gasteiger partial charge in [-0.15, -0.1) is 0 Å². The van der Waals surface area contributed by atoms with Crippen LogP contribution in [0, 0.1) is 5.92 Å². The predicted octanol–water partition coefficient (Wildman–Crippen LogP) is 1.64. The molecule has 2 N–H and O–H groups in total. The van der Waals surface area contributed by atoms with Crippen LogP contribution in [0.5, 0.6) is 0 Å². The van der Waals surface area contributed by atoms with E-state index in [0.717, 1.165) is 18.5 Å². The fraction of sp³-hybridized carbons (Fsp3) is 0.462. The molecular formula is C13H17ClN2O. The highest BCUT2D eigenvalue weighted by Crippen LogP contribution is 2.55. The van der Waals surface area contributed by atoms with Crippen molar-refractivity contribution >= 4 is 17.5 Å². The van der Waals surface area contributed by atoms with E-state index < -0.39 is 5.41 Å². The molecule has 1 amide bonds. The summed E-state index contributed by atoms with van der Waals surface area (Å²) in [5.74, 6) is 0.00681. The summed E-state index contributed by atoms with van der Waals surface area (Å²) in [5.41, 5.74) is 5.91. The average Bonchev–Trinajstić information content (AvgIpc) is 2.93. The van der Waals surface area contributed by atoms with E-state index in [-0.39, 0.29) is 11.8 Å². The van der Waals surface area contributed by atoms with Crippen LogP contribution >= 0.6 is 11.6 Å². The summed E-state index contributed by atoms with van der Waals surface area (Å²) in [7, 11) is 3.99. The first-order chi connectivity index (χ1) is 7.98. The molecule has 0 spiro atoms. The highest BCUT2D eigenvalue weighted by Gasteiger charge is 2.60. The summed E-state index contributed by atoms with van der Waals surface area (Å²) < 4.78 is 0. The van der Waals surface area contributed by atoms with Crippen LogP contribution in [0.3, 0.4) is 0 Å². The SMILES string of the molecule is CN(C)C[C@H]1C[C@]1(C(N)=O)c1ccccc1Cl. The Labute approximate surface area is 107 Å². The lowest BCUT2D eigenvalue weighted by atomic mass is 9.92. The predicted molar refractivity (Wildman–Crippen MR) is 69.0 cm³/mol. The summed E-state index contributed by atoms with van der Waals surface area (Å²) in [4.78, 5) is 13.8. The fourth-order valence-electron chi connectivity index (χ4n) is 2.58. The van der Waals surface area contributed by atoms with E-state index in [9.17, 15) is 4.79 Å². The van der Waals surface area contributed by atoms with Crippen LogP contribution in [0.1, 0.15) is 12.0 Å². The number of halogens is 1. The molecule has 0 saturated heterocycles. The minimum absolute atomic E-state index is 0.266. The Hall–Kier alpha value is -1.06. The number of hydrogen-bond acceptors (Lipinski definition) is 2. The molecule has 0 bridgehead atoms. The maximum atomic E-state index is 11.8. The molecule has 1 aliphatic rings. The molecule has 3 nitrogen and oxygen atoms in total. The highest BCUT2D eigenvalue weighted by molar-refractivity contribution is 6.31. The molecule has 1 fully saturated rings. The van der Waals surface area contributed by atoms with E-state index in [1.165, 1.54) is 0 Å². The number of primary amides is 1. The molecule has 2 rings (SSSR count). The first kappa shape index (κ1) is 12.4. The Morgan fingerprint density at radius 2 is 2.18 bits per heavy atom. The summed E-state index contributed by atoms with van der Waals surface area (Å²) in [6.45, 7) is 0.855. The summed E-state index contributed by atoms with van der Waals surface area (Å²) >= 11 is 6.17. The van der Waals surface area contributed by atoms with Gasteiger partial charge in [-0.2, -0.15) is 0 Å². The van der Waals surface area contributed by atoms with Crippen molar-refractivity contribution in [3.8, 4) is 0 Å². The summed E-state index contributed by atoms with van der Waals surface area (Å²) in [5, 5.41) is 0.632. The minimum Gasteiger partial charge on any atom is -0.369 e. The van der Waals surface area contributed by atoms with Gasteiger partial charge in [0, 0.05) is 11.6 Å². The van der Waals surface area contributed by atoms with Gasteiger partial charge in [-0.25, -0.2) is 0 Å². The van der Waals surface area contributed by atoms with Crippen molar-refractivity contribution in [2.75, 3.05) is 20.6 Å². The van der Waals surface area contributed by atoms with Crippen LogP contribution in [0.15, 0.2) is 24.3 Å². The smallest absolute Gasteiger partial charge is 0.228 e. The van der Waals surface area contributed by atoms with Gasteiger partial charge in [0.1, 0.15) is 0 Å². The molecule has 1 aromatic carbocycles. The van der Waals surface area contributed by atoms with Gasteiger partial charge in [0.05, 0.1) is 5.41 Å². The summed E-state index contributed by atoms with van der Waals surface area (Å²) in [6.07, 6.45) is 0.796. The second-order valence-corrected chi connectivity index (χ2v) is 5.39. The lowest BCUT2D eigenvalue weighted by molar-refractivity contribution is -0.120. The minimum atomic E-state index is -0.553. The number of hydrogen-bond donors (Lipinski definition) is 1. The molecule has 92 valence electrons. The van der Waals surface area contributed by atoms with Gasteiger partial charge in [-0.05, 0) is 38.1 Å². The topological polar surface area (TPSA) is 46.3 Å². The zero-order valence-corrected chi connectivity index (χ0v) is 10.9. The van der Waals surface area contributed by atoms with Gasteiger partial charge < -0.3 is 10.6 Å². The third-order valence-corrected chi connectivity index (χ3v) is 3.81. The van der Waals surface area contributed by atoms with Gasteiger partial charge >= 0.3 is 0 Å². The van der Waals surface area contributed by atoms with Crippen molar-refractivity contribution in [3.05, 3.63) is 34.9 Å². The third-order valence-electron chi connectivity index (χ3n) is 3.48. The maximum Gasteiger partial charge on any atom is 0.228 e. The monoisotopic (exact) mass is 252 g/mol. The van der Waals surface area contributed by atoms with Crippen molar-refractivity contribution in [2.45, 2.75) is 11.8 Å². The highest BCUT2D eigenvalue weighted by atomic mass is 35.5. The first-order valence-electron chi connectivity index (χ1n) is 5.68. The van der Waals surface area contributed by atoms with Gasteiger partial charge in [0.2, 0.25) is 5.91 Å². The molecule has 0 aliphatic heterocycles. The number of carbonyl (C=O) groups is 1. The van der Waals surface area contributed by atoms with E-state index in [2.05, 4.69) is 4.90 Å². The molecule has 1 aromatic rings. The molecule has 0 heterocycles. The van der Waals surface area contributed by atoms with E-state index in [1.54, 1.807) is 0 Å². The van der Waals surface area contributed by atoms with Crippen LogP contribution in [0.2, 0.25) is 5.02 Å². The zero-order chi connectivity index (χ0) is 12.6. The van der Waals surface area contributed by atoms with Crippen LogP contribution in [-0.4, -0.2) is 31.4 Å². The Morgan fingerprint density at radius 3 is 2.71 bits per heavy atom. The van der Waals surface area contributed by atoms with Crippen molar-refractivity contribution < 1.29 is 4.79 Å². The van der Waals surface area contributed by atoms with Gasteiger partial charge in [0.15, 0.2) is 0 Å². The normalized spacial score (nSPS) is 27.2. The van der Waals surface area contributed by atoms with E-state index in [1.807, 2.05) is 38.4 Å². The van der Waals surface area contributed by atoms with E-state index in [0.29, 0.717) is 5.02 Å². The lowest BCUT2D eigenvalue weighted by Crippen LogP contribution is -2.33. The third kappa shape index (κ3) is 2.05. The van der Waals surface area contributed by atoms with Crippen LogP contribution in [-0.2, 0) is 10.2 Å². The number of amides is 1. The quantitative estimate of drug-likeness (QED) is 0.886. The molecule has 0 unspecified atom stereocenters. The van der Waals surface area contributed by atoms with E-state index in [4.69, 9.17) is 17.3 Å². The Morgan fingerprint density at radius 1 is 1.53 bits per heavy atom. The van der Waals surface area contributed by atoms with Gasteiger partial charge in [0.25, 0.3) is 0 Å². The molecule has 2 atom stereocenters. The molecule has 1 saturated carbocycles. The Kier molecular flexibility index (Phi) is 3.15. The number of benzene rings is 1. The maximum absolute atomic E-state index is 11.8. The molecule has 17 heavy (non-hydrogen) atoms. The standard InChI is InChI=1S/C13H17ClN2O/c1-16(2)8-9-7-13(9,12(15)17)10-5-3-4-6-11(10)14/h3-6,9H,7-8H2,1-2H3,(H2,15,17)/t9-,13-/m1/s1. The van der Waals surface area contributed by atoms with Crippen molar-refractivity contribution in [1.82, 2.24) is 4.90 Å². The molecule has 4 heteroatoms. The van der Waals surface area contributed by atoms with Crippen molar-refractivity contribution in [1.29, 1.82) is 0 Å². The molecular weight excluding hydrogens is 236 g/mol. The summed E-state index contributed by atoms with van der Waals surface area (Å²) in [6, 6.07) is 7.48.